The predicted octanol–water partition coefficient (Wildman–Crippen LogP) is 4.30. The summed E-state index contributed by atoms with van der Waals surface area (Å²) in [4.78, 5) is 8.13. The van der Waals surface area contributed by atoms with Gasteiger partial charge < -0.3 is 29.4 Å². The van der Waals surface area contributed by atoms with Crippen molar-refractivity contribution in [2.24, 2.45) is 0 Å². The zero-order chi connectivity index (χ0) is 28.1. The van der Waals surface area contributed by atoms with Gasteiger partial charge in [0.1, 0.15) is 18.3 Å². The highest BCUT2D eigenvalue weighted by Gasteiger charge is 2.48. The number of pyridine rings is 1. The Hall–Kier alpha value is -4.02. The van der Waals surface area contributed by atoms with Gasteiger partial charge in [-0.15, -0.1) is 0 Å². The molecule has 41 heavy (non-hydrogen) atoms. The number of aromatic nitrogens is 4. The second-order valence-corrected chi connectivity index (χ2v) is 11.5. The molecule has 2 aliphatic rings. The molecule has 1 unspecified atom stereocenters. The van der Waals surface area contributed by atoms with Crippen LogP contribution in [0.5, 0.6) is 5.88 Å². The Balaban J connectivity index is 1.04. The van der Waals surface area contributed by atoms with Gasteiger partial charge in [-0.2, -0.15) is 5.10 Å². The molecule has 9 heteroatoms. The van der Waals surface area contributed by atoms with Crippen molar-refractivity contribution in [2.75, 3.05) is 13.2 Å². The summed E-state index contributed by atoms with van der Waals surface area (Å²) in [6, 6.07) is 22.5. The Kier molecular flexibility index (Phi) is 6.39. The topological polar surface area (TPSA) is 115 Å². The molecule has 5 aromatic rings. The normalized spacial score (nSPS) is 22.3. The Bertz CT molecular complexity index is 1670. The summed E-state index contributed by atoms with van der Waals surface area (Å²) in [6.07, 6.45) is 2.83. The summed E-state index contributed by atoms with van der Waals surface area (Å²) in [5, 5.41) is 24.5. The number of fused-ring (bicyclic) bond motifs is 2. The number of nitrogens with one attached hydrogen (secondary N) is 1. The van der Waals surface area contributed by atoms with Crippen molar-refractivity contribution < 1.29 is 24.4 Å². The monoisotopic (exact) mass is 552 g/mol. The molecule has 0 spiro atoms. The quantitative estimate of drug-likeness (QED) is 0.276. The molecule has 2 aromatic carbocycles. The lowest BCUT2D eigenvalue weighted by Crippen LogP contribution is -2.34. The minimum absolute atomic E-state index is 0.266. The van der Waals surface area contributed by atoms with E-state index in [1.807, 2.05) is 41.2 Å². The fourth-order valence-corrected chi connectivity index (χ4v) is 5.65. The van der Waals surface area contributed by atoms with Gasteiger partial charge in [-0.25, -0.2) is 9.67 Å². The number of hydrogen-bond acceptors (Lipinski definition) is 7. The summed E-state index contributed by atoms with van der Waals surface area (Å²) in [5.41, 5.74) is 6.99. The van der Waals surface area contributed by atoms with Gasteiger partial charge in [-0.1, -0.05) is 36.4 Å². The lowest BCUT2D eigenvalue weighted by atomic mass is 10.0. The summed E-state index contributed by atoms with van der Waals surface area (Å²) < 4.78 is 19.3. The van der Waals surface area contributed by atoms with Crippen molar-refractivity contribution in [3.8, 4) is 34.0 Å². The predicted molar refractivity (Wildman–Crippen MR) is 154 cm³/mol. The minimum atomic E-state index is -0.768. The third kappa shape index (κ3) is 5.25. The zero-order valence-electron chi connectivity index (χ0n) is 22.9. The molecule has 0 saturated carbocycles. The first kappa shape index (κ1) is 25.9. The number of hydrogen-bond donors (Lipinski definition) is 3. The Morgan fingerprint density at radius 2 is 1.66 bits per heavy atom. The first-order valence-electron chi connectivity index (χ1n) is 13.8. The Labute approximate surface area is 237 Å². The van der Waals surface area contributed by atoms with Gasteiger partial charge in [0, 0.05) is 24.2 Å². The van der Waals surface area contributed by atoms with Crippen LogP contribution in [0.15, 0.2) is 79.1 Å². The third-order valence-corrected chi connectivity index (χ3v) is 7.63. The van der Waals surface area contributed by atoms with Gasteiger partial charge in [0.2, 0.25) is 0 Å². The molecule has 2 fully saturated rings. The average molecular weight is 553 g/mol. The maximum absolute atomic E-state index is 10.1. The van der Waals surface area contributed by atoms with Gasteiger partial charge in [-0.3, -0.25) is 0 Å². The Morgan fingerprint density at radius 1 is 0.951 bits per heavy atom. The van der Waals surface area contributed by atoms with E-state index in [0.717, 1.165) is 44.7 Å². The summed E-state index contributed by atoms with van der Waals surface area (Å²) in [5.74, 6) is 0.603. The average Bonchev–Trinajstić information content (AvgIpc) is 3.74. The SMILES string of the molecule is CC(C)(O)Cc1cnn(-c2ccc(-c3ccc(-c4ccc5[nH]c(O[C@@H]6CO[C@H]7C6OC[C@H]7O)cc5n4)cc3)cc2)c1. The van der Waals surface area contributed by atoms with Crippen LogP contribution in [0.3, 0.4) is 0 Å². The van der Waals surface area contributed by atoms with Crippen molar-refractivity contribution in [2.45, 2.75) is 50.3 Å². The lowest BCUT2D eigenvalue weighted by Gasteiger charge is -2.16. The smallest absolute Gasteiger partial charge is 0.193 e. The molecular formula is C32H32N4O5. The third-order valence-electron chi connectivity index (χ3n) is 7.63. The van der Waals surface area contributed by atoms with Crippen molar-refractivity contribution in [1.82, 2.24) is 19.7 Å². The van der Waals surface area contributed by atoms with Gasteiger partial charge in [0.15, 0.2) is 12.0 Å². The van der Waals surface area contributed by atoms with E-state index in [1.165, 1.54) is 0 Å². The Morgan fingerprint density at radius 3 is 2.41 bits per heavy atom. The van der Waals surface area contributed by atoms with Crippen LogP contribution in [0.25, 0.3) is 39.1 Å². The molecule has 3 N–H and O–H groups in total. The summed E-state index contributed by atoms with van der Waals surface area (Å²) in [7, 11) is 0. The number of aliphatic hydroxyl groups excluding tert-OH is 1. The number of benzene rings is 2. The van der Waals surface area contributed by atoms with E-state index >= 15 is 0 Å². The molecule has 4 atom stereocenters. The van der Waals surface area contributed by atoms with Crippen LogP contribution >= 0.6 is 0 Å². The van der Waals surface area contributed by atoms with Gasteiger partial charge in [-0.05, 0) is 54.8 Å². The van der Waals surface area contributed by atoms with Gasteiger partial charge in [0.05, 0.1) is 47.4 Å². The largest absolute Gasteiger partial charge is 0.470 e. The zero-order valence-corrected chi connectivity index (χ0v) is 22.9. The van der Waals surface area contributed by atoms with Gasteiger partial charge >= 0.3 is 0 Å². The fourth-order valence-electron chi connectivity index (χ4n) is 5.65. The van der Waals surface area contributed by atoms with E-state index < -0.39 is 11.7 Å². The van der Waals surface area contributed by atoms with Crippen LogP contribution < -0.4 is 4.74 Å². The van der Waals surface area contributed by atoms with E-state index in [4.69, 9.17) is 19.2 Å². The van der Waals surface area contributed by atoms with E-state index in [9.17, 15) is 10.2 Å². The highest BCUT2D eigenvalue weighted by atomic mass is 16.6. The second-order valence-electron chi connectivity index (χ2n) is 11.5. The fraction of sp³-hybridized carbons (Fsp3) is 0.312. The molecule has 0 radical (unpaired) electrons. The number of H-pyrrole nitrogens is 1. The van der Waals surface area contributed by atoms with Crippen LogP contribution in [0, 0.1) is 0 Å². The highest BCUT2D eigenvalue weighted by molar-refractivity contribution is 5.81. The maximum Gasteiger partial charge on any atom is 0.193 e. The number of aromatic amines is 1. The minimum Gasteiger partial charge on any atom is -0.470 e. The van der Waals surface area contributed by atoms with Crippen molar-refractivity contribution >= 4 is 11.0 Å². The molecule has 2 aliphatic heterocycles. The van der Waals surface area contributed by atoms with Crippen LogP contribution in [-0.4, -0.2) is 73.2 Å². The molecule has 0 amide bonds. The lowest BCUT2D eigenvalue weighted by molar-refractivity contribution is 0.00794. The summed E-state index contributed by atoms with van der Waals surface area (Å²) >= 11 is 0. The number of nitrogens with zero attached hydrogens (tertiary/aromatic N) is 3. The number of ether oxygens (including phenoxy) is 3. The van der Waals surface area contributed by atoms with Crippen LogP contribution in [0.2, 0.25) is 0 Å². The molecule has 9 nitrogen and oxygen atoms in total. The molecule has 2 saturated heterocycles. The van der Waals surface area contributed by atoms with E-state index in [2.05, 4.69) is 46.5 Å². The second kappa shape index (κ2) is 10.1. The van der Waals surface area contributed by atoms with Crippen LogP contribution in [0.1, 0.15) is 19.4 Å². The molecule has 0 aliphatic carbocycles. The van der Waals surface area contributed by atoms with Crippen LogP contribution in [-0.2, 0) is 15.9 Å². The first-order valence-corrected chi connectivity index (χ1v) is 13.8. The summed E-state index contributed by atoms with van der Waals surface area (Å²) in [6.45, 7) is 4.24. The molecule has 7 rings (SSSR count). The first-order chi connectivity index (χ1) is 19.8. The van der Waals surface area contributed by atoms with Crippen molar-refractivity contribution in [3.05, 3.63) is 84.7 Å². The molecule has 5 heterocycles. The molecule has 3 aromatic heterocycles. The van der Waals surface area contributed by atoms with E-state index in [0.29, 0.717) is 18.9 Å². The maximum atomic E-state index is 10.1. The standard InChI is InChI=1S/C32H32N4O5/c1-32(2,38)14-19-15-33-36(16-19)23-9-7-21(8-10-23)20-3-5-22(6-4-20)24-11-12-25-26(34-24)13-29(35-25)41-28-18-40-30-27(37)17-39-31(28)30/h3-13,15-16,27-28,30-31,35,37-38H,14,17-18H2,1-2H3/t27-,28-,30-,31?/m1/s1. The molecular weight excluding hydrogens is 520 g/mol. The number of aliphatic hydroxyl groups is 2. The molecule has 210 valence electrons. The number of rotatable bonds is 7. The van der Waals surface area contributed by atoms with E-state index in [1.54, 1.807) is 20.0 Å². The van der Waals surface area contributed by atoms with Crippen molar-refractivity contribution in [3.63, 3.8) is 0 Å². The van der Waals surface area contributed by atoms with Crippen molar-refractivity contribution in [1.29, 1.82) is 0 Å². The van der Waals surface area contributed by atoms with E-state index in [-0.39, 0.29) is 24.9 Å². The highest BCUT2D eigenvalue weighted by Crippen LogP contribution is 2.32. The van der Waals surface area contributed by atoms with Gasteiger partial charge in [0.25, 0.3) is 0 Å². The van der Waals surface area contributed by atoms with Crippen LogP contribution in [0.4, 0.5) is 0 Å². The molecule has 0 bridgehead atoms.